The number of hydrogen-bond donors (Lipinski definition) is 0. The standard InChI is InChI=1S/C8H7BrO2/c1-6-2-3-7(9)4-8(6)11-5-10/h2-5H,1H3. The van der Waals surface area contributed by atoms with Gasteiger partial charge in [-0.15, -0.1) is 0 Å². The molecule has 0 N–H and O–H groups in total. The third-order valence-corrected chi connectivity index (χ3v) is 1.82. The molecule has 3 heteroatoms. The fourth-order valence-electron chi connectivity index (χ4n) is 0.753. The Hall–Kier alpha value is -0.830. The first kappa shape index (κ1) is 8.27. The number of ether oxygens (including phenoxy) is 1. The predicted molar refractivity (Wildman–Crippen MR) is 45.6 cm³/mol. The lowest BCUT2D eigenvalue weighted by Crippen LogP contribution is -1.90. The Labute approximate surface area is 73.3 Å². The Balaban J connectivity index is 3.01. The number of hydrogen-bond acceptors (Lipinski definition) is 2. The van der Waals surface area contributed by atoms with Gasteiger partial charge in [-0.2, -0.15) is 0 Å². The summed E-state index contributed by atoms with van der Waals surface area (Å²) in [5, 5.41) is 0. The first-order valence-corrected chi connectivity index (χ1v) is 3.90. The third kappa shape index (κ3) is 2.05. The lowest BCUT2D eigenvalue weighted by molar-refractivity contribution is -0.120. The molecule has 1 aromatic carbocycles. The molecule has 0 saturated heterocycles. The minimum Gasteiger partial charge on any atom is -0.428 e. The largest absolute Gasteiger partial charge is 0.428 e. The zero-order chi connectivity index (χ0) is 8.27. The van der Waals surface area contributed by atoms with Crippen LogP contribution in [-0.2, 0) is 4.79 Å². The van der Waals surface area contributed by atoms with Gasteiger partial charge < -0.3 is 4.74 Å². The van der Waals surface area contributed by atoms with E-state index in [1.54, 1.807) is 6.07 Å². The van der Waals surface area contributed by atoms with E-state index in [9.17, 15) is 4.79 Å². The summed E-state index contributed by atoms with van der Waals surface area (Å²) in [6, 6.07) is 5.53. The first-order valence-electron chi connectivity index (χ1n) is 3.10. The van der Waals surface area contributed by atoms with E-state index < -0.39 is 0 Å². The van der Waals surface area contributed by atoms with Crippen LogP contribution < -0.4 is 4.74 Å². The highest BCUT2D eigenvalue weighted by atomic mass is 79.9. The van der Waals surface area contributed by atoms with Crippen molar-refractivity contribution in [2.45, 2.75) is 6.92 Å². The molecule has 0 saturated carbocycles. The molecule has 0 fully saturated rings. The zero-order valence-corrected chi connectivity index (χ0v) is 7.59. The van der Waals surface area contributed by atoms with Crippen molar-refractivity contribution in [2.75, 3.05) is 0 Å². The lowest BCUT2D eigenvalue weighted by Gasteiger charge is -2.01. The van der Waals surface area contributed by atoms with Crippen molar-refractivity contribution in [2.24, 2.45) is 0 Å². The second-order valence-electron chi connectivity index (χ2n) is 2.12. The van der Waals surface area contributed by atoms with Crippen LogP contribution in [0.5, 0.6) is 5.75 Å². The first-order chi connectivity index (χ1) is 5.24. The van der Waals surface area contributed by atoms with E-state index in [2.05, 4.69) is 15.9 Å². The van der Waals surface area contributed by atoms with Gasteiger partial charge in [0.25, 0.3) is 6.47 Å². The molecule has 0 amide bonds. The molecule has 0 spiro atoms. The summed E-state index contributed by atoms with van der Waals surface area (Å²) >= 11 is 3.27. The summed E-state index contributed by atoms with van der Waals surface area (Å²) in [5.74, 6) is 0.592. The average molecular weight is 215 g/mol. The van der Waals surface area contributed by atoms with Crippen LogP contribution in [0.4, 0.5) is 0 Å². The summed E-state index contributed by atoms with van der Waals surface area (Å²) in [4.78, 5) is 10.0. The second kappa shape index (κ2) is 3.53. The smallest absolute Gasteiger partial charge is 0.298 e. The maximum absolute atomic E-state index is 10.0. The van der Waals surface area contributed by atoms with Gasteiger partial charge in [0.05, 0.1) is 0 Å². The van der Waals surface area contributed by atoms with Crippen molar-refractivity contribution in [3.05, 3.63) is 28.2 Å². The molecule has 0 heterocycles. The predicted octanol–water partition coefficient (Wildman–Crippen LogP) is 2.29. The highest BCUT2D eigenvalue weighted by molar-refractivity contribution is 9.10. The van der Waals surface area contributed by atoms with Crippen LogP contribution in [0.3, 0.4) is 0 Å². The summed E-state index contributed by atoms with van der Waals surface area (Å²) in [6.07, 6.45) is 0. The highest BCUT2D eigenvalue weighted by Crippen LogP contribution is 2.21. The van der Waals surface area contributed by atoms with E-state index in [0.29, 0.717) is 12.2 Å². The second-order valence-corrected chi connectivity index (χ2v) is 3.04. The molecule has 0 aromatic heterocycles. The maximum Gasteiger partial charge on any atom is 0.298 e. The van der Waals surface area contributed by atoms with Gasteiger partial charge in [0.15, 0.2) is 0 Å². The molecule has 0 unspecified atom stereocenters. The minimum absolute atomic E-state index is 0.425. The molecule has 1 rings (SSSR count). The Kier molecular flexibility index (Phi) is 2.65. The molecular weight excluding hydrogens is 208 g/mol. The molecule has 0 atom stereocenters. The number of carbonyl (C=O) groups excluding carboxylic acids is 1. The minimum atomic E-state index is 0.425. The Morgan fingerprint density at radius 2 is 2.27 bits per heavy atom. The Morgan fingerprint density at radius 1 is 1.55 bits per heavy atom. The number of halogens is 1. The van der Waals surface area contributed by atoms with Crippen molar-refractivity contribution in [3.8, 4) is 5.75 Å². The van der Waals surface area contributed by atoms with Gasteiger partial charge in [-0.05, 0) is 24.6 Å². The van der Waals surface area contributed by atoms with Crippen LogP contribution in [0.2, 0.25) is 0 Å². The van der Waals surface area contributed by atoms with E-state index in [0.717, 1.165) is 10.0 Å². The van der Waals surface area contributed by atoms with Crippen molar-refractivity contribution >= 4 is 22.4 Å². The quantitative estimate of drug-likeness (QED) is 0.707. The highest BCUT2D eigenvalue weighted by Gasteiger charge is 1.98. The number of carbonyl (C=O) groups is 1. The molecule has 0 radical (unpaired) electrons. The molecule has 0 aliphatic carbocycles. The third-order valence-electron chi connectivity index (χ3n) is 1.33. The van der Waals surface area contributed by atoms with Crippen molar-refractivity contribution in [3.63, 3.8) is 0 Å². The number of benzene rings is 1. The molecule has 58 valence electrons. The number of aryl methyl sites for hydroxylation is 1. The molecule has 11 heavy (non-hydrogen) atoms. The summed E-state index contributed by atoms with van der Waals surface area (Å²) in [7, 11) is 0. The van der Waals surface area contributed by atoms with E-state index in [-0.39, 0.29) is 0 Å². The van der Waals surface area contributed by atoms with Crippen molar-refractivity contribution in [1.82, 2.24) is 0 Å². The fraction of sp³-hybridized carbons (Fsp3) is 0.125. The molecule has 1 aromatic rings. The summed E-state index contributed by atoms with van der Waals surface area (Å²) in [5.41, 5.74) is 0.945. The van der Waals surface area contributed by atoms with Crippen LogP contribution in [0.1, 0.15) is 5.56 Å². The van der Waals surface area contributed by atoms with Crippen LogP contribution in [0, 0.1) is 6.92 Å². The van der Waals surface area contributed by atoms with Crippen LogP contribution in [0.25, 0.3) is 0 Å². The zero-order valence-electron chi connectivity index (χ0n) is 6.00. The molecule has 0 aliphatic rings. The van der Waals surface area contributed by atoms with E-state index in [1.165, 1.54) is 0 Å². The summed E-state index contributed by atoms with van der Waals surface area (Å²) in [6.45, 7) is 2.31. The Bertz CT molecular complexity index is 271. The van der Waals surface area contributed by atoms with Gasteiger partial charge in [0.2, 0.25) is 0 Å². The lowest BCUT2D eigenvalue weighted by atomic mass is 10.2. The fourth-order valence-corrected chi connectivity index (χ4v) is 1.09. The van der Waals surface area contributed by atoms with Gasteiger partial charge >= 0.3 is 0 Å². The molecule has 0 aliphatic heterocycles. The van der Waals surface area contributed by atoms with Crippen LogP contribution in [0.15, 0.2) is 22.7 Å². The van der Waals surface area contributed by atoms with Gasteiger partial charge in [-0.3, -0.25) is 4.79 Å². The Morgan fingerprint density at radius 3 is 2.91 bits per heavy atom. The average Bonchev–Trinajstić information content (AvgIpc) is 1.98. The topological polar surface area (TPSA) is 26.3 Å². The van der Waals surface area contributed by atoms with E-state index in [4.69, 9.17) is 4.74 Å². The van der Waals surface area contributed by atoms with Crippen LogP contribution >= 0.6 is 15.9 Å². The van der Waals surface area contributed by atoms with Gasteiger partial charge in [0, 0.05) is 4.47 Å². The van der Waals surface area contributed by atoms with Gasteiger partial charge in [-0.25, -0.2) is 0 Å². The monoisotopic (exact) mass is 214 g/mol. The van der Waals surface area contributed by atoms with Crippen LogP contribution in [-0.4, -0.2) is 6.47 Å². The van der Waals surface area contributed by atoms with Gasteiger partial charge in [0.1, 0.15) is 5.75 Å². The SMILES string of the molecule is Cc1ccc(Br)cc1OC=O. The molecule has 0 bridgehead atoms. The van der Waals surface area contributed by atoms with E-state index in [1.807, 2.05) is 19.1 Å². The van der Waals surface area contributed by atoms with E-state index >= 15 is 0 Å². The summed E-state index contributed by atoms with van der Waals surface area (Å²) < 4.78 is 5.61. The molecule has 2 nitrogen and oxygen atoms in total. The number of rotatable bonds is 2. The molecular formula is C8H7BrO2. The van der Waals surface area contributed by atoms with Crippen molar-refractivity contribution < 1.29 is 9.53 Å². The maximum atomic E-state index is 10.0. The van der Waals surface area contributed by atoms with Gasteiger partial charge in [-0.1, -0.05) is 22.0 Å². The normalized spacial score (nSPS) is 9.27. The van der Waals surface area contributed by atoms with Crippen molar-refractivity contribution in [1.29, 1.82) is 0 Å².